The number of carbonyl (C=O) groups is 1. The Labute approximate surface area is 192 Å². The summed E-state index contributed by atoms with van der Waals surface area (Å²) in [5.74, 6) is -1.06. The molecule has 1 amide bonds. The first-order chi connectivity index (χ1) is 15.9. The number of aromatic nitrogens is 3. The smallest absolute Gasteiger partial charge is 0.292 e. The monoisotopic (exact) mass is 510 g/mol. The van der Waals surface area contributed by atoms with E-state index in [1.807, 2.05) is 4.72 Å². The molecule has 0 spiro atoms. The van der Waals surface area contributed by atoms with Gasteiger partial charge < -0.3 is 0 Å². The van der Waals surface area contributed by atoms with Crippen molar-refractivity contribution in [1.82, 2.24) is 18.2 Å². The fourth-order valence-corrected chi connectivity index (χ4v) is 4.92. The molecule has 0 fully saturated rings. The standard InChI is InChI=1S/C20H13F3N4O5S2/c1-26-15(20(21,22)23)10-16(28)27(19(26)30)11-7-8-14-13(9-11)17(24-33-14)18(29)25-34(31,32)12-5-3-2-4-6-12/h2-10H,1H3,(H,25,29). The Bertz CT molecular complexity index is 1660. The van der Waals surface area contributed by atoms with Gasteiger partial charge in [0, 0.05) is 18.5 Å². The highest BCUT2D eigenvalue weighted by atomic mass is 32.2. The Hall–Kier alpha value is -3.78. The zero-order valence-electron chi connectivity index (χ0n) is 17.0. The summed E-state index contributed by atoms with van der Waals surface area (Å²) in [6, 6.07) is 11.4. The summed E-state index contributed by atoms with van der Waals surface area (Å²) in [6.45, 7) is 0. The van der Waals surface area contributed by atoms with Crippen LogP contribution < -0.4 is 16.0 Å². The number of alkyl halides is 3. The maximum absolute atomic E-state index is 13.1. The third-order valence-corrected chi connectivity index (χ3v) is 6.99. The number of benzene rings is 2. The largest absolute Gasteiger partial charge is 0.431 e. The number of halogens is 3. The van der Waals surface area contributed by atoms with Gasteiger partial charge >= 0.3 is 11.9 Å². The van der Waals surface area contributed by atoms with Gasteiger partial charge in [0.1, 0.15) is 5.69 Å². The van der Waals surface area contributed by atoms with Gasteiger partial charge in [0.05, 0.1) is 15.3 Å². The highest BCUT2D eigenvalue weighted by Gasteiger charge is 2.35. The molecule has 14 heteroatoms. The molecular weight excluding hydrogens is 497 g/mol. The second-order valence-electron chi connectivity index (χ2n) is 7.00. The lowest BCUT2D eigenvalue weighted by Gasteiger charge is -2.14. The van der Waals surface area contributed by atoms with E-state index in [-0.39, 0.29) is 32.3 Å². The van der Waals surface area contributed by atoms with Crippen LogP contribution in [0.4, 0.5) is 13.2 Å². The molecule has 4 aromatic rings. The second kappa shape index (κ2) is 8.22. The number of nitrogens with one attached hydrogen (secondary N) is 1. The van der Waals surface area contributed by atoms with Crippen molar-refractivity contribution in [1.29, 1.82) is 0 Å². The Balaban J connectivity index is 1.79. The van der Waals surface area contributed by atoms with Crippen LogP contribution in [0.15, 0.2) is 69.1 Å². The number of nitrogens with zero attached hydrogens (tertiary/aromatic N) is 3. The normalized spacial score (nSPS) is 12.1. The van der Waals surface area contributed by atoms with E-state index >= 15 is 0 Å². The van der Waals surface area contributed by atoms with Gasteiger partial charge in [-0.2, -0.15) is 17.5 Å². The van der Waals surface area contributed by atoms with Crippen molar-refractivity contribution in [3.63, 3.8) is 0 Å². The second-order valence-corrected chi connectivity index (χ2v) is 9.49. The molecule has 2 aromatic heterocycles. The van der Waals surface area contributed by atoms with E-state index in [0.29, 0.717) is 9.27 Å². The predicted molar refractivity (Wildman–Crippen MR) is 117 cm³/mol. The molecule has 2 heterocycles. The topological polar surface area (TPSA) is 120 Å². The first-order valence-corrected chi connectivity index (χ1v) is 11.6. The van der Waals surface area contributed by atoms with Crippen LogP contribution >= 0.6 is 11.5 Å². The maximum Gasteiger partial charge on any atom is 0.431 e. The minimum atomic E-state index is -4.91. The highest BCUT2D eigenvalue weighted by Crippen LogP contribution is 2.28. The molecule has 0 bridgehead atoms. The summed E-state index contributed by atoms with van der Waals surface area (Å²) in [5, 5.41) is 0.108. The van der Waals surface area contributed by atoms with Crippen molar-refractivity contribution in [2.75, 3.05) is 0 Å². The minimum Gasteiger partial charge on any atom is -0.292 e. The number of rotatable bonds is 4. The van der Waals surface area contributed by atoms with E-state index in [2.05, 4.69) is 4.37 Å². The molecule has 0 atom stereocenters. The summed E-state index contributed by atoms with van der Waals surface area (Å²) in [4.78, 5) is 37.5. The molecule has 34 heavy (non-hydrogen) atoms. The Morgan fingerprint density at radius 1 is 1.06 bits per heavy atom. The average Bonchev–Trinajstić information content (AvgIpc) is 3.19. The molecule has 0 saturated heterocycles. The Morgan fingerprint density at radius 2 is 1.74 bits per heavy atom. The van der Waals surface area contributed by atoms with Crippen LogP contribution in [-0.2, 0) is 23.2 Å². The van der Waals surface area contributed by atoms with Crippen molar-refractivity contribution in [3.8, 4) is 5.69 Å². The van der Waals surface area contributed by atoms with Gasteiger partial charge in [-0.3, -0.25) is 14.2 Å². The van der Waals surface area contributed by atoms with Crippen LogP contribution in [0.1, 0.15) is 16.2 Å². The zero-order valence-corrected chi connectivity index (χ0v) is 18.7. The first-order valence-electron chi connectivity index (χ1n) is 9.32. The van der Waals surface area contributed by atoms with E-state index in [0.717, 1.165) is 18.6 Å². The summed E-state index contributed by atoms with van der Waals surface area (Å²) >= 11 is 0.860. The Morgan fingerprint density at radius 3 is 2.38 bits per heavy atom. The third-order valence-electron chi connectivity index (χ3n) is 4.82. The van der Waals surface area contributed by atoms with Gasteiger partial charge in [-0.05, 0) is 41.9 Å². The first kappa shape index (κ1) is 23.4. The van der Waals surface area contributed by atoms with Gasteiger partial charge in [-0.15, -0.1) is 0 Å². The van der Waals surface area contributed by atoms with Crippen LogP contribution in [0.3, 0.4) is 0 Å². The molecule has 0 aliphatic heterocycles. The number of sulfonamides is 1. The highest BCUT2D eigenvalue weighted by molar-refractivity contribution is 7.90. The molecule has 0 aliphatic carbocycles. The van der Waals surface area contributed by atoms with Crippen LogP contribution in [0.2, 0.25) is 0 Å². The van der Waals surface area contributed by atoms with E-state index in [4.69, 9.17) is 0 Å². The lowest BCUT2D eigenvalue weighted by atomic mass is 10.2. The SMILES string of the molecule is Cn1c(C(F)(F)F)cc(=O)n(-c2ccc3snc(C(=O)NS(=O)(=O)c4ccccc4)c3c2)c1=O. The van der Waals surface area contributed by atoms with Crippen molar-refractivity contribution in [2.45, 2.75) is 11.1 Å². The van der Waals surface area contributed by atoms with Crippen molar-refractivity contribution in [3.05, 3.63) is 86.8 Å². The lowest BCUT2D eigenvalue weighted by Crippen LogP contribution is -2.40. The maximum atomic E-state index is 13.1. The van der Waals surface area contributed by atoms with Gasteiger partial charge in [0.15, 0.2) is 5.69 Å². The number of fused-ring (bicyclic) bond motifs is 1. The predicted octanol–water partition coefficient (Wildman–Crippen LogP) is 2.28. The minimum absolute atomic E-state index is 0.108. The van der Waals surface area contributed by atoms with Crippen LogP contribution in [0, 0.1) is 0 Å². The molecule has 0 unspecified atom stereocenters. The molecule has 0 aliphatic rings. The summed E-state index contributed by atoms with van der Waals surface area (Å²) in [7, 11) is -3.33. The number of carbonyl (C=O) groups excluding carboxylic acids is 1. The van der Waals surface area contributed by atoms with E-state index < -0.39 is 39.0 Å². The molecule has 176 valence electrons. The van der Waals surface area contributed by atoms with E-state index in [9.17, 15) is 36.0 Å². The fraction of sp³-hybridized carbons (Fsp3) is 0.100. The zero-order chi connectivity index (χ0) is 24.8. The number of hydrogen-bond acceptors (Lipinski definition) is 7. The van der Waals surface area contributed by atoms with Crippen LogP contribution in [0.25, 0.3) is 15.8 Å². The molecule has 1 N–H and O–H groups in total. The van der Waals surface area contributed by atoms with Crippen molar-refractivity contribution >= 4 is 37.5 Å². The van der Waals surface area contributed by atoms with E-state index in [1.165, 1.54) is 42.5 Å². The van der Waals surface area contributed by atoms with Crippen LogP contribution in [0.5, 0.6) is 0 Å². The quantitative estimate of drug-likeness (QED) is 0.450. The number of hydrogen-bond donors (Lipinski definition) is 1. The third kappa shape index (κ3) is 4.12. The fourth-order valence-electron chi connectivity index (χ4n) is 3.19. The van der Waals surface area contributed by atoms with Gasteiger partial charge in [0.25, 0.3) is 21.5 Å². The van der Waals surface area contributed by atoms with E-state index in [1.54, 1.807) is 6.07 Å². The molecule has 4 rings (SSSR count). The van der Waals surface area contributed by atoms with Crippen molar-refractivity contribution < 1.29 is 26.4 Å². The van der Waals surface area contributed by atoms with Crippen molar-refractivity contribution in [2.24, 2.45) is 7.05 Å². The van der Waals surface area contributed by atoms with Crippen LogP contribution in [-0.4, -0.2) is 27.8 Å². The lowest BCUT2D eigenvalue weighted by molar-refractivity contribution is -0.144. The summed E-state index contributed by atoms with van der Waals surface area (Å²) in [6.07, 6.45) is -4.91. The Kier molecular flexibility index (Phi) is 5.65. The number of amides is 1. The molecular formula is C20H13F3N4O5S2. The molecule has 9 nitrogen and oxygen atoms in total. The molecule has 0 radical (unpaired) electrons. The molecule has 0 saturated carbocycles. The van der Waals surface area contributed by atoms with Gasteiger partial charge in [-0.25, -0.2) is 22.5 Å². The average molecular weight is 510 g/mol. The van der Waals surface area contributed by atoms with Gasteiger partial charge in [0.2, 0.25) is 0 Å². The molecule has 2 aromatic carbocycles. The summed E-state index contributed by atoms with van der Waals surface area (Å²) in [5.41, 5.74) is -4.30. The summed E-state index contributed by atoms with van der Waals surface area (Å²) < 4.78 is 71.3. The van der Waals surface area contributed by atoms with Gasteiger partial charge in [-0.1, -0.05) is 18.2 Å².